The van der Waals surface area contributed by atoms with Gasteiger partial charge in [0.2, 0.25) is 0 Å². The first kappa shape index (κ1) is 10.2. The summed E-state index contributed by atoms with van der Waals surface area (Å²) in [5, 5.41) is 3.79. The van der Waals surface area contributed by atoms with Crippen LogP contribution in [-0.2, 0) is 0 Å². The van der Waals surface area contributed by atoms with E-state index < -0.39 is 0 Å². The average molecular weight is 246 g/mol. The summed E-state index contributed by atoms with van der Waals surface area (Å²) in [6.07, 6.45) is 2.95. The molecule has 2 aliphatic rings. The van der Waals surface area contributed by atoms with Gasteiger partial charge in [-0.05, 0) is 12.1 Å². The van der Waals surface area contributed by atoms with Crippen LogP contribution in [-0.4, -0.2) is 30.4 Å². The van der Waals surface area contributed by atoms with Gasteiger partial charge in [-0.2, -0.15) is 0 Å². The molecule has 0 radical (unpaired) electrons. The van der Waals surface area contributed by atoms with E-state index in [-0.39, 0.29) is 6.04 Å². The van der Waals surface area contributed by atoms with Crippen LogP contribution in [0.2, 0.25) is 5.02 Å². The minimum Gasteiger partial charge on any atom is -0.340 e. The van der Waals surface area contributed by atoms with Crippen molar-refractivity contribution in [1.82, 2.24) is 0 Å². The summed E-state index contributed by atoms with van der Waals surface area (Å²) >= 11 is 6.07. The van der Waals surface area contributed by atoms with Gasteiger partial charge in [-0.15, -0.1) is 0 Å². The van der Waals surface area contributed by atoms with E-state index in [2.05, 4.69) is 25.3 Å². The first-order valence-electron chi connectivity index (χ1n) is 5.06. The molecule has 17 heavy (non-hydrogen) atoms. The Morgan fingerprint density at radius 2 is 2.00 bits per heavy atom. The lowest BCUT2D eigenvalue weighted by molar-refractivity contribution is 1.13. The van der Waals surface area contributed by atoms with Crippen LogP contribution in [0.1, 0.15) is 0 Å². The maximum atomic E-state index is 6.07. The maximum absolute atomic E-state index is 6.07. The van der Waals surface area contributed by atoms with Crippen molar-refractivity contribution in [2.45, 2.75) is 6.04 Å². The number of hydrogen-bond donors (Lipinski definition) is 1. The third-order valence-electron chi connectivity index (χ3n) is 2.43. The number of fused-ring (bicyclic) bond motifs is 1. The molecule has 2 aliphatic heterocycles. The van der Waals surface area contributed by atoms with Gasteiger partial charge in [0.15, 0.2) is 11.9 Å². The van der Waals surface area contributed by atoms with Gasteiger partial charge in [0.05, 0.1) is 10.7 Å². The molecule has 2 heterocycles. The van der Waals surface area contributed by atoms with Gasteiger partial charge >= 0.3 is 0 Å². The van der Waals surface area contributed by atoms with Gasteiger partial charge in [0.1, 0.15) is 18.5 Å². The first-order chi connectivity index (χ1) is 8.34. The lowest BCUT2D eigenvalue weighted by atomic mass is 10.2. The zero-order valence-corrected chi connectivity index (χ0v) is 9.46. The van der Waals surface area contributed by atoms with Gasteiger partial charge < -0.3 is 5.32 Å². The zero-order valence-electron chi connectivity index (χ0n) is 8.71. The van der Waals surface area contributed by atoms with Crippen LogP contribution in [0.5, 0.6) is 0 Å². The minimum absolute atomic E-state index is 0.240. The predicted octanol–water partition coefficient (Wildman–Crippen LogP) is 2.00. The summed E-state index contributed by atoms with van der Waals surface area (Å²) in [7, 11) is 0. The third-order valence-corrected chi connectivity index (χ3v) is 2.76. The topological polar surface area (TPSA) is 61.5 Å². The van der Waals surface area contributed by atoms with E-state index in [1.807, 2.05) is 24.3 Å². The molecule has 0 bridgehead atoms. The number of benzene rings is 1. The number of para-hydroxylation sites is 1. The summed E-state index contributed by atoms with van der Waals surface area (Å²) in [5.41, 5.74) is 0.796. The molecule has 84 valence electrons. The van der Waals surface area contributed by atoms with Crippen molar-refractivity contribution in [2.75, 3.05) is 5.32 Å². The fraction of sp³-hybridized carbons (Fsp3) is 0.0909. The highest BCUT2D eigenvalue weighted by atomic mass is 35.5. The van der Waals surface area contributed by atoms with E-state index in [1.54, 1.807) is 0 Å². The molecule has 0 saturated heterocycles. The van der Waals surface area contributed by atoms with Crippen LogP contribution in [0.4, 0.5) is 5.69 Å². The number of nitrogens with zero attached hydrogens (tertiary/aromatic N) is 4. The molecular weight excluding hydrogens is 238 g/mol. The molecule has 1 aromatic carbocycles. The smallest absolute Gasteiger partial charge is 0.169 e. The van der Waals surface area contributed by atoms with Crippen molar-refractivity contribution in [3.8, 4) is 0 Å². The second-order valence-electron chi connectivity index (χ2n) is 3.52. The van der Waals surface area contributed by atoms with Crippen molar-refractivity contribution >= 4 is 41.6 Å². The highest BCUT2D eigenvalue weighted by Gasteiger charge is 2.26. The number of anilines is 1. The van der Waals surface area contributed by atoms with Crippen molar-refractivity contribution in [3.05, 3.63) is 29.3 Å². The quantitative estimate of drug-likeness (QED) is 0.808. The summed E-state index contributed by atoms with van der Waals surface area (Å²) in [4.78, 5) is 16.4. The maximum Gasteiger partial charge on any atom is 0.169 e. The molecule has 1 aromatic rings. The molecular formula is C11H8ClN5. The number of aliphatic imine (C=N–C) groups is 4. The first-order valence-corrected chi connectivity index (χ1v) is 5.43. The molecule has 3 rings (SSSR count). The van der Waals surface area contributed by atoms with Crippen LogP contribution in [0.25, 0.3) is 0 Å². The molecule has 1 N–H and O–H groups in total. The minimum atomic E-state index is -0.240. The normalized spacial score (nSPS) is 20.9. The van der Waals surface area contributed by atoms with Gasteiger partial charge in [-0.3, -0.25) is 4.99 Å². The van der Waals surface area contributed by atoms with Crippen LogP contribution in [0, 0.1) is 0 Å². The number of rotatable bonds is 1. The van der Waals surface area contributed by atoms with Crippen LogP contribution >= 0.6 is 11.6 Å². The van der Waals surface area contributed by atoms with Crippen LogP contribution < -0.4 is 5.32 Å². The average Bonchev–Trinajstić information content (AvgIpc) is 2.81. The Morgan fingerprint density at radius 3 is 2.88 bits per heavy atom. The largest absolute Gasteiger partial charge is 0.340 e. The Hall–Kier alpha value is -2.01. The molecule has 0 amide bonds. The van der Waals surface area contributed by atoms with E-state index in [0.29, 0.717) is 16.7 Å². The van der Waals surface area contributed by atoms with Crippen LogP contribution in [0.15, 0.2) is 44.2 Å². The SMILES string of the molecule is Clc1ccccc1NC1=NC=NC2=NC=NC21. The molecule has 5 nitrogen and oxygen atoms in total. The summed E-state index contributed by atoms with van der Waals surface area (Å²) in [6.45, 7) is 0. The predicted molar refractivity (Wildman–Crippen MR) is 70.7 cm³/mol. The highest BCUT2D eigenvalue weighted by molar-refractivity contribution is 6.34. The second kappa shape index (κ2) is 4.10. The van der Waals surface area contributed by atoms with Gasteiger partial charge in [-0.25, -0.2) is 15.0 Å². The Balaban J connectivity index is 1.89. The fourth-order valence-electron chi connectivity index (χ4n) is 1.62. The molecule has 0 spiro atoms. The van der Waals surface area contributed by atoms with Gasteiger partial charge in [0, 0.05) is 0 Å². The lowest BCUT2D eigenvalue weighted by Gasteiger charge is -2.16. The Morgan fingerprint density at radius 1 is 1.12 bits per heavy atom. The lowest BCUT2D eigenvalue weighted by Crippen LogP contribution is -2.33. The molecule has 0 aliphatic carbocycles. The number of halogens is 1. The van der Waals surface area contributed by atoms with Crippen molar-refractivity contribution in [3.63, 3.8) is 0 Å². The third kappa shape index (κ3) is 1.85. The van der Waals surface area contributed by atoms with E-state index in [0.717, 1.165) is 5.69 Å². The molecule has 0 fully saturated rings. The molecule has 0 saturated carbocycles. The second-order valence-corrected chi connectivity index (χ2v) is 3.93. The van der Waals surface area contributed by atoms with Crippen LogP contribution in [0.3, 0.4) is 0 Å². The zero-order chi connectivity index (χ0) is 11.7. The number of hydrogen-bond acceptors (Lipinski definition) is 5. The highest BCUT2D eigenvalue weighted by Crippen LogP contribution is 2.22. The monoisotopic (exact) mass is 245 g/mol. The van der Waals surface area contributed by atoms with Crippen molar-refractivity contribution < 1.29 is 0 Å². The van der Waals surface area contributed by atoms with Gasteiger partial charge in [-0.1, -0.05) is 23.7 Å². The molecule has 1 atom stereocenters. The summed E-state index contributed by atoms with van der Waals surface area (Å²) in [5.74, 6) is 1.33. The number of nitrogens with one attached hydrogen (secondary N) is 1. The standard InChI is InChI=1S/C11H8ClN5/c12-7-3-1-2-4-8(7)17-11-9-10(14-5-13-9)15-6-16-11/h1-6,9H,(H,13,14,15,16,17). The van der Waals surface area contributed by atoms with E-state index >= 15 is 0 Å². The van der Waals surface area contributed by atoms with Gasteiger partial charge in [0.25, 0.3) is 0 Å². The van der Waals surface area contributed by atoms with Crippen molar-refractivity contribution in [1.29, 1.82) is 0 Å². The molecule has 1 unspecified atom stereocenters. The Bertz CT molecular complexity index is 573. The summed E-state index contributed by atoms with van der Waals surface area (Å²) in [6, 6.07) is 7.23. The summed E-state index contributed by atoms with van der Waals surface area (Å²) < 4.78 is 0. The Labute approximate surface area is 103 Å². The van der Waals surface area contributed by atoms with Crippen molar-refractivity contribution in [2.24, 2.45) is 20.0 Å². The van der Waals surface area contributed by atoms with E-state index in [1.165, 1.54) is 12.7 Å². The Kier molecular flexibility index (Phi) is 2.45. The fourth-order valence-corrected chi connectivity index (χ4v) is 1.80. The van der Waals surface area contributed by atoms with E-state index in [4.69, 9.17) is 11.6 Å². The molecule has 6 heteroatoms. The molecule has 0 aromatic heterocycles. The number of amidine groups is 2. The van der Waals surface area contributed by atoms with E-state index in [9.17, 15) is 0 Å².